The van der Waals surface area contributed by atoms with Crippen LogP contribution in [0.15, 0.2) is 17.3 Å². The van der Waals surface area contributed by atoms with Gasteiger partial charge in [-0.05, 0) is 32.4 Å². The summed E-state index contributed by atoms with van der Waals surface area (Å²) < 4.78 is 60.5. The third-order valence-corrected chi connectivity index (χ3v) is 7.66. The summed E-state index contributed by atoms with van der Waals surface area (Å²) in [5.74, 6) is -2.80. The number of carbonyl (C=O) groups excluding carboxylic acids is 1. The Kier molecular flexibility index (Phi) is 7.05. The van der Waals surface area contributed by atoms with Gasteiger partial charge in [-0.3, -0.25) is 5.32 Å². The Morgan fingerprint density at radius 3 is 2.46 bits per heavy atom. The molecule has 2 heterocycles. The molecule has 1 amide bonds. The minimum Gasteiger partial charge on any atom is -0.506 e. The van der Waals surface area contributed by atoms with Gasteiger partial charge in [0.25, 0.3) is 0 Å². The Balaban J connectivity index is 2.08. The SMILES string of the molecule is CNc1nc(S(C)(=O)=O)nc2c(F)c(-c3ccc(F)c4sc(NC(=O)OC(C)(C)C)c(C#N)c34)c(Cl)c(O)c12. The van der Waals surface area contributed by atoms with Crippen molar-refractivity contribution in [2.45, 2.75) is 31.5 Å². The molecule has 3 N–H and O–H groups in total. The first-order valence-electron chi connectivity index (χ1n) is 11.0. The molecule has 0 saturated carbocycles. The molecule has 4 rings (SSSR count). The van der Waals surface area contributed by atoms with Crippen LogP contribution in [0.5, 0.6) is 5.75 Å². The highest BCUT2D eigenvalue weighted by Crippen LogP contribution is 2.49. The number of phenols is 1. The van der Waals surface area contributed by atoms with Crippen LogP contribution in [0.25, 0.3) is 32.1 Å². The number of nitrogens with zero attached hydrogens (tertiary/aromatic N) is 3. The Morgan fingerprint density at radius 1 is 1.23 bits per heavy atom. The number of benzene rings is 2. The maximum atomic E-state index is 16.2. The smallest absolute Gasteiger partial charge is 0.412 e. The number of rotatable bonds is 4. The molecule has 0 fully saturated rings. The molecule has 0 aliphatic heterocycles. The van der Waals surface area contributed by atoms with E-state index in [1.165, 1.54) is 7.05 Å². The predicted octanol–water partition coefficient (Wildman–Crippen LogP) is 5.81. The lowest BCUT2D eigenvalue weighted by Crippen LogP contribution is -2.27. The van der Waals surface area contributed by atoms with Gasteiger partial charge in [-0.1, -0.05) is 17.7 Å². The molecule has 0 aliphatic carbocycles. The minimum atomic E-state index is -4.00. The number of sulfone groups is 1. The fourth-order valence-corrected chi connectivity index (χ4v) is 5.68. The highest BCUT2D eigenvalue weighted by Gasteiger charge is 2.29. The number of anilines is 2. The highest BCUT2D eigenvalue weighted by atomic mass is 35.5. The molecule has 0 spiro atoms. The van der Waals surface area contributed by atoms with Crippen molar-refractivity contribution in [1.82, 2.24) is 9.97 Å². The maximum Gasteiger partial charge on any atom is 0.412 e. The summed E-state index contributed by atoms with van der Waals surface area (Å²) in [4.78, 5) is 20.0. The van der Waals surface area contributed by atoms with Gasteiger partial charge in [0, 0.05) is 24.3 Å². The summed E-state index contributed by atoms with van der Waals surface area (Å²) in [6, 6.07) is 4.05. The number of amides is 1. The quantitative estimate of drug-likeness (QED) is 0.248. The molecule has 15 heteroatoms. The number of phenolic OH excluding ortho intramolecular Hbond substituents is 1. The van der Waals surface area contributed by atoms with Crippen LogP contribution >= 0.6 is 22.9 Å². The molecular weight excluding hydrogens is 576 g/mol. The Labute approximate surface area is 230 Å². The molecule has 10 nitrogen and oxygen atoms in total. The van der Waals surface area contributed by atoms with E-state index in [0.29, 0.717) is 0 Å². The van der Waals surface area contributed by atoms with E-state index in [1.807, 2.05) is 6.07 Å². The van der Waals surface area contributed by atoms with E-state index >= 15 is 4.39 Å². The summed E-state index contributed by atoms with van der Waals surface area (Å²) in [6.45, 7) is 4.90. The van der Waals surface area contributed by atoms with Crippen molar-refractivity contribution in [3.05, 3.63) is 34.4 Å². The van der Waals surface area contributed by atoms with Crippen LogP contribution in [0.4, 0.5) is 24.4 Å². The van der Waals surface area contributed by atoms with Gasteiger partial charge in [-0.2, -0.15) is 5.26 Å². The number of carbonyl (C=O) groups is 1. The van der Waals surface area contributed by atoms with Crippen LogP contribution < -0.4 is 10.6 Å². The minimum absolute atomic E-state index is 0.0613. The number of fused-ring (bicyclic) bond motifs is 2. The average Bonchev–Trinajstić information content (AvgIpc) is 3.20. The number of nitriles is 1. The van der Waals surface area contributed by atoms with Crippen LogP contribution in [0.1, 0.15) is 26.3 Å². The first-order valence-corrected chi connectivity index (χ1v) is 14.1. The summed E-state index contributed by atoms with van der Waals surface area (Å²) in [6.07, 6.45) is -0.0696. The largest absolute Gasteiger partial charge is 0.506 e. The van der Waals surface area contributed by atoms with E-state index in [1.54, 1.807) is 20.8 Å². The lowest BCUT2D eigenvalue weighted by molar-refractivity contribution is 0.0636. The second kappa shape index (κ2) is 9.74. The summed E-state index contributed by atoms with van der Waals surface area (Å²) in [7, 11) is -2.63. The van der Waals surface area contributed by atoms with Gasteiger partial charge in [0.1, 0.15) is 39.6 Å². The molecule has 0 saturated heterocycles. The molecule has 204 valence electrons. The zero-order chi connectivity index (χ0) is 29.0. The normalized spacial score (nSPS) is 12.0. The van der Waals surface area contributed by atoms with Crippen molar-refractivity contribution < 1.29 is 31.8 Å². The Morgan fingerprint density at radius 2 is 1.90 bits per heavy atom. The standard InChI is InChI=1S/C24H20ClF2N5O5S2/c1-24(2,3)37-23(34)32-21-10(8-28)12-9(6-7-11(26)19(12)38-21)13-15(25)18(33)14-17(16(13)27)30-22(39(5,35)36)31-20(14)29-4/h6-7,33H,1-5H3,(H,32,34)(H,29,30,31). The monoisotopic (exact) mass is 595 g/mol. The number of hydrogen-bond acceptors (Lipinski definition) is 10. The third kappa shape index (κ3) is 5.00. The average molecular weight is 596 g/mol. The first-order chi connectivity index (χ1) is 18.1. The third-order valence-electron chi connectivity index (χ3n) is 5.33. The van der Waals surface area contributed by atoms with Crippen molar-refractivity contribution in [3.63, 3.8) is 0 Å². The zero-order valence-electron chi connectivity index (χ0n) is 21.0. The second-order valence-corrected chi connectivity index (χ2v) is 12.6. The van der Waals surface area contributed by atoms with E-state index in [0.717, 1.165) is 29.7 Å². The van der Waals surface area contributed by atoms with Crippen molar-refractivity contribution in [2.24, 2.45) is 0 Å². The van der Waals surface area contributed by atoms with E-state index < -0.39 is 60.2 Å². The number of nitrogens with one attached hydrogen (secondary N) is 2. The van der Waals surface area contributed by atoms with Crippen molar-refractivity contribution >= 4 is 70.7 Å². The molecule has 0 bridgehead atoms. The first kappa shape index (κ1) is 28.2. The zero-order valence-corrected chi connectivity index (χ0v) is 23.4. The van der Waals surface area contributed by atoms with Gasteiger partial charge >= 0.3 is 6.09 Å². The number of halogens is 3. The van der Waals surface area contributed by atoms with Crippen molar-refractivity contribution in [3.8, 4) is 22.9 Å². The molecule has 4 aromatic rings. The van der Waals surface area contributed by atoms with E-state index in [2.05, 4.69) is 20.6 Å². The number of thiophene rings is 1. The molecule has 0 radical (unpaired) electrons. The molecule has 0 unspecified atom stereocenters. The predicted molar refractivity (Wildman–Crippen MR) is 144 cm³/mol. The van der Waals surface area contributed by atoms with Crippen LogP contribution in [-0.2, 0) is 14.6 Å². The van der Waals surface area contributed by atoms with Crippen LogP contribution in [0.2, 0.25) is 5.02 Å². The Hall–Kier alpha value is -3.80. The molecule has 39 heavy (non-hydrogen) atoms. The van der Waals surface area contributed by atoms with Crippen LogP contribution in [-0.4, -0.2) is 48.5 Å². The highest BCUT2D eigenvalue weighted by molar-refractivity contribution is 7.90. The van der Waals surface area contributed by atoms with Crippen molar-refractivity contribution in [2.75, 3.05) is 23.9 Å². The number of hydrogen-bond donors (Lipinski definition) is 3. The van der Waals surface area contributed by atoms with Crippen molar-refractivity contribution in [1.29, 1.82) is 5.26 Å². The maximum absolute atomic E-state index is 16.2. The summed E-state index contributed by atoms with van der Waals surface area (Å²) in [5, 5.41) is 24.2. The summed E-state index contributed by atoms with van der Waals surface area (Å²) >= 11 is 7.13. The van der Waals surface area contributed by atoms with Crippen LogP contribution in [0, 0.1) is 23.0 Å². The molecule has 0 atom stereocenters. The number of aromatic hydroxyl groups is 1. The molecular formula is C24H20ClF2N5O5S2. The second-order valence-electron chi connectivity index (χ2n) is 9.30. The van der Waals surface area contributed by atoms with Gasteiger partial charge in [0.2, 0.25) is 15.0 Å². The molecule has 0 aliphatic rings. The van der Waals surface area contributed by atoms with E-state index in [4.69, 9.17) is 16.3 Å². The van der Waals surface area contributed by atoms with Gasteiger partial charge in [-0.25, -0.2) is 32.0 Å². The fourth-order valence-electron chi connectivity index (χ4n) is 3.82. The fraction of sp³-hybridized carbons (Fsp3) is 0.250. The number of ether oxygens (including phenoxy) is 1. The van der Waals surface area contributed by atoms with Crippen LogP contribution in [0.3, 0.4) is 0 Å². The van der Waals surface area contributed by atoms with Gasteiger partial charge in [-0.15, -0.1) is 11.3 Å². The molecule has 2 aromatic carbocycles. The van der Waals surface area contributed by atoms with E-state index in [-0.39, 0.29) is 37.4 Å². The lowest BCUT2D eigenvalue weighted by Gasteiger charge is -2.19. The lowest BCUT2D eigenvalue weighted by atomic mass is 9.96. The van der Waals surface area contributed by atoms with Gasteiger partial charge in [0.15, 0.2) is 5.82 Å². The molecule has 2 aromatic heterocycles. The van der Waals surface area contributed by atoms with E-state index in [9.17, 15) is 28.0 Å². The summed E-state index contributed by atoms with van der Waals surface area (Å²) in [5.41, 5.74) is -2.22. The van der Waals surface area contributed by atoms with Gasteiger partial charge < -0.3 is 15.2 Å². The number of aromatic nitrogens is 2. The topological polar surface area (TPSA) is 154 Å². The van der Waals surface area contributed by atoms with Gasteiger partial charge in [0.05, 0.1) is 20.7 Å². The Bertz CT molecular complexity index is 1850.